The third-order valence-electron chi connectivity index (χ3n) is 8.99. The number of rotatable bonds is 6. The average Bonchev–Trinajstić information content (AvgIpc) is 3.58. The van der Waals surface area contributed by atoms with Gasteiger partial charge in [0.25, 0.3) is 0 Å². The molecule has 1 aromatic carbocycles. The Kier molecular flexibility index (Phi) is 7.30. The number of nitriles is 1. The summed E-state index contributed by atoms with van der Waals surface area (Å²) < 4.78 is 8.29. The monoisotopic (exact) mass is 554 g/mol. The van der Waals surface area contributed by atoms with Crippen LogP contribution in [0.15, 0.2) is 31.0 Å². The maximum Gasteiger partial charge on any atom is 0.246 e. The first-order valence-electron chi connectivity index (χ1n) is 14.5. The summed E-state index contributed by atoms with van der Waals surface area (Å²) in [7, 11) is 4.10. The van der Waals surface area contributed by atoms with Gasteiger partial charge in [-0.3, -0.25) is 9.48 Å². The van der Waals surface area contributed by atoms with E-state index >= 15 is 0 Å². The molecule has 41 heavy (non-hydrogen) atoms. The van der Waals surface area contributed by atoms with Gasteiger partial charge in [0.1, 0.15) is 18.2 Å². The number of hydrogen-bond donors (Lipinski definition) is 0. The van der Waals surface area contributed by atoms with E-state index in [1.165, 1.54) is 17.3 Å². The number of nitrogens with zero attached hydrogens (tertiary/aromatic N) is 8. The third-order valence-corrected chi connectivity index (χ3v) is 8.99. The van der Waals surface area contributed by atoms with E-state index in [1.807, 2.05) is 22.8 Å². The molecule has 3 aliphatic rings. The molecule has 2 fully saturated rings. The topological polar surface area (TPSA) is 93.8 Å². The number of piperazine rings is 1. The molecular formula is C31H38N8O2. The zero-order valence-electron chi connectivity index (χ0n) is 24.3. The number of benzene rings is 1. The van der Waals surface area contributed by atoms with Crippen LogP contribution in [-0.4, -0.2) is 89.4 Å². The van der Waals surface area contributed by atoms with E-state index < -0.39 is 0 Å². The number of likely N-dealkylation sites (N-methyl/N-ethyl adjacent to an activating group) is 1. The molecule has 1 amide bonds. The summed E-state index contributed by atoms with van der Waals surface area (Å²) in [4.78, 5) is 26.1. The zero-order chi connectivity index (χ0) is 28.7. The first-order valence-corrected chi connectivity index (χ1v) is 14.5. The minimum Gasteiger partial charge on any atom is -0.475 e. The predicted octanol–water partition coefficient (Wildman–Crippen LogP) is 3.02. The number of aromatic nitrogens is 3. The van der Waals surface area contributed by atoms with E-state index in [4.69, 9.17) is 9.72 Å². The molecule has 0 radical (unpaired) electrons. The van der Waals surface area contributed by atoms with E-state index in [2.05, 4.69) is 58.6 Å². The Morgan fingerprint density at radius 2 is 1.95 bits per heavy atom. The minimum absolute atomic E-state index is 0.0535. The molecule has 2 saturated heterocycles. The lowest BCUT2D eigenvalue weighted by Crippen LogP contribution is -2.49. The van der Waals surface area contributed by atoms with Gasteiger partial charge in [0.05, 0.1) is 35.3 Å². The molecule has 0 bridgehead atoms. The summed E-state index contributed by atoms with van der Waals surface area (Å²) in [6.07, 6.45) is 6.31. The Morgan fingerprint density at radius 3 is 2.66 bits per heavy atom. The molecule has 0 N–H and O–H groups in total. The summed E-state index contributed by atoms with van der Waals surface area (Å²) in [5.74, 6) is 0.367. The minimum atomic E-state index is -0.0535. The van der Waals surface area contributed by atoms with Gasteiger partial charge in [-0.2, -0.15) is 10.4 Å². The zero-order valence-corrected chi connectivity index (χ0v) is 24.3. The fraction of sp³-hybridized carbons (Fsp3) is 0.484. The van der Waals surface area contributed by atoms with E-state index in [0.29, 0.717) is 56.8 Å². The summed E-state index contributed by atoms with van der Waals surface area (Å²) in [5.41, 5.74) is 6.97. The fourth-order valence-electron chi connectivity index (χ4n) is 6.67. The number of anilines is 2. The van der Waals surface area contributed by atoms with Gasteiger partial charge in [-0.1, -0.05) is 12.6 Å². The Bertz CT molecular complexity index is 1530. The van der Waals surface area contributed by atoms with Crippen LogP contribution < -0.4 is 14.5 Å². The largest absolute Gasteiger partial charge is 0.475 e. The lowest BCUT2D eigenvalue weighted by Gasteiger charge is -2.39. The number of pyridine rings is 1. The molecule has 1 atom stereocenters. The Hall–Kier alpha value is -4.10. The first kappa shape index (κ1) is 27.1. The van der Waals surface area contributed by atoms with Crippen molar-refractivity contribution >= 4 is 28.2 Å². The highest BCUT2D eigenvalue weighted by Gasteiger charge is 2.32. The van der Waals surface area contributed by atoms with Crippen molar-refractivity contribution in [2.24, 2.45) is 7.05 Å². The van der Waals surface area contributed by atoms with E-state index in [1.54, 1.807) is 0 Å². The number of aryl methyl sites for hydroxylation is 2. The lowest BCUT2D eigenvalue weighted by molar-refractivity contribution is -0.126. The number of carbonyl (C=O) groups excluding carboxylic acids is 1. The van der Waals surface area contributed by atoms with Gasteiger partial charge in [0.2, 0.25) is 11.8 Å². The number of carbonyl (C=O) groups is 1. The second-order valence-electron chi connectivity index (χ2n) is 11.4. The summed E-state index contributed by atoms with van der Waals surface area (Å²) in [5, 5.41) is 16.1. The van der Waals surface area contributed by atoms with Gasteiger partial charge in [-0.15, -0.1) is 0 Å². The highest BCUT2D eigenvalue weighted by atomic mass is 16.5. The van der Waals surface area contributed by atoms with Crippen molar-refractivity contribution in [3.8, 4) is 11.9 Å². The molecule has 0 spiro atoms. The Balaban J connectivity index is 1.38. The second kappa shape index (κ2) is 11.1. The number of hydrogen-bond acceptors (Lipinski definition) is 8. The predicted molar refractivity (Wildman–Crippen MR) is 159 cm³/mol. The van der Waals surface area contributed by atoms with E-state index in [9.17, 15) is 10.1 Å². The number of fused-ring (bicyclic) bond motifs is 2. The van der Waals surface area contributed by atoms with Crippen LogP contribution in [0, 0.1) is 18.3 Å². The van der Waals surface area contributed by atoms with Gasteiger partial charge in [0, 0.05) is 56.8 Å². The molecular weight excluding hydrogens is 516 g/mol. The number of likely N-dealkylation sites (tertiary alicyclic amines) is 1. The van der Waals surface area contributed by atoms with Crippen LogP contribution in [0.5, 0.6) is 5.88 Å². The van der Waals surface area contributed by atoms with Gasteiger partial charge in [-0.05, 0) is 57.5 Å². The summed E-state index contributed by atoms with van der Waals surface area (Å²) >= 11 is 0. The highest BCUT2D eigenvalue weighted by Crippen LogP contribution is 2.40. The van der Waals surface area contributed by atoms with Gasteiger partial charge in [-0.25, -0.2) is 4.98 Å². The standard InChI is InChI=1S/C31H38N8O2/c1-5-28(40)37-13-15-38(16-14-37)30-23-10-12-39(29-21(2)8-9-27-25(29)18-33-36(27)4)19-26(23)34-31(24(30)17-32)41-20-22-7-6-11-35(22)3/h5,8-9,18,22H,1,6-7,10-16,19-20H2,2-4H3/t22-/m0/s1. The molecule has 3 aromatic rings. The van der Waals surface area contributed by atoms with Gasteiger partial charge in [0.15, 0.2) is 0 Å². The Morgan fingerprint density at radius 1 is 1.15 bits per heavy atom. The van der Waals surface area contributed by atoms with E-state index in [-0.39, 0.29) is 5.91 Å². The summed E-state index contributed by atoms with van der Waals surface area (Å²) in [6, 6.07) is 7.05. The Labute approximate surface area is 241 Å². The average molecular weight is 555 g/mol. The van der Waals surface area contributed by atoms with Crippen molar-refractivity contribution in [1.29, 1.82) is 5.26 Å². The van der Waals surface area contributed by atoms with Crippen molar-refractivity contribution in [2.45, 2.75) is 38.8 Å². The SMILES string of the molecule is C=CC(=O)N1CCN(c2c(C#N)c(OC[C@@H]3CCCN3C)nc3c2CCN(c2c(C)ccc4c2cnn4C)C3)CC1. The molecule has 2 aromatic heterocycles. The highest BCUT2D eigenvalue weighted by molar-refractivity contribution is 5.94. The van der Waals surface area contributed by atoms with Crippen LogP contribution in [0.3, 0.4) is 0 Å². The van der Waals surface area contributed by atoms with Crippen molar-refractivity contribution in [3.63, 3.8) is 0 Å². The third kappa shape index (κ3) is 4.88. The van der Waals surface area contributed by atoms with Crippen LogP contribution in [0.1, 0.15) is 35.2 Å². The molecule has 5 heterocycles. The van der Waals surface area contributed by atoms with Crippen LogP contribution in [0.4, 0.5) is 11.4 Å². The van der Waals surface area contributed by atoms with Crippen molar-refractivity contribution in [3.05, 3.63) is 53.4 Å². The molecule has 6 rings (SSSR count). The van der Waals surface area contributed by atoms with Crippen molar-refractivity contribution < 1.29 is 9.53 Å². The van der Waals surface area contributed by atoms with E-state index in [0.717, 1.165) is 60.2 Å². The maximum absolute atomic E-state index is 12.2. The molecule has 0 unspecified atom stereocenters. The molecule has 214 valence electrons. The number of amides is 1. The lowest BCUT2D eigenvalue weighted by atomic mass is 9.97. The molecule has 3 aliphatic heterocycles. The smallest absolute Gasteiger partial charge is 0.246 e. The maximum atomic E-state index is 12.2. The van der Waals surface area contributed by atoms with Gasteiger partial charge < -0.3 is 24.3 Å². The van der Waals surface area contributed by atoms with Gasteiger partial charge >= 0.3 is 0 Å². The van der Waals surface area contributed by atoms with Crippen LogP contribution in [0.25, 0.3) is 10.9 Å². The van der Waals surface area contributed by atoms with Crippen LogP contribution in [-0.2, 0) is 24.8 Å². The fourth-order valence-corrected chi connectivity index (χ4v) is 6.67. The molecule has 0 aliphatic carbocycles. The van der Waals surface area contributed by atoms with Crippen LogP contribution in [0.2, 0.25) is 0 Å². The van der Waals surface area contributed by atoms with Crippen molar-refractivity contribution in [2.75, 3.05) is 62.7 Å². The first-order chi connectivity index (χ1) is 19.9. The molecule has 10 heteroatoms. The van der Waals surface area contributed by atoms with Crippen molar-refractivity contribution in [1.82, 2.24) is 24.6 Å². The van der Waals surface area contributed by atoms with Crippen LogP contribution >= 0.6 is 0 Å². The second-order valence-corrected chi connectivity index (χ2v) is 11.4. The normalized spacial score (nSPS) is 19.4. The molecule has 0 saturated carbocycles. The number of ether oxygens (including phenoxy) is 1. The molecule has 10 nitrogen and oxygen atoms in total. The quantitative estimate of drug-likeness (QED) is 0.430. The summed E-state index contributed by atoms with van der Waals surface area (Å²) in [6.45, 7) is 11.3.